The molecule has 0 radical (unpaired) electrons. The second kappa shape index (κ2) is 8.53. The van der Waals surface area contributed by atoms with Gasteiger partial charge in [0.25, 0.3) is 0 Å². The topological polar surface area (TPSA) is 83.3 Å². The molecule has 0 atom stereocenters. The maximum Gasteiger partial charge on any atom is 0.216 e. The van der Waals surface area contributed by atoms with Crippen molar-refractivity contribution in [2.24, 2.45) is 0 Å². The molecule has 2 aromatic carbocycles. The predicted molar refractivity (Wildman–Crippen MR) is 124 cm³/mol. The maximum absolute atomic E-state index is 12.5. The lowest BCUT2D eigenvalue weighted by Crippen LogP contribution is -2.43. The van der Waals surface area contributed by atoms with Crippen LogP contribution in [0.15, 0.2) is 54.9 Å². The van der Waals surface area contributed by atoms with E-state index >= 15 is 0 Å². The van der Waals surface area contributed by atoms with Crippen LogP contribution in [0.5, 0.6) is 5.75 Å². The molecule has 0 spiro atoms. The zero-order chi connectivity index (χ0) is 22.1. The van der Waals surface area contributed by atoms with Gasteiger partial charge >= 0.3 is 0 Å². The number of benzene rings is 2. The van der Waals surface area contributed by atoms with Gasteiger partial charge in [0.2, 0.25) is 10.0 Å². The second-order valence-electron chi connectivity index (χ2n) is 8.56. The summed E-state index contributed by atoms with van der Waals surface area (Å²) in [6, 6.07) is 16.3. The van der Waals surface area contributed by atoms with Crippen molar-refractivity contribution < 1.29 is 13.2 Å². The van der Waals surface area contributed by atoms with Crippen molar-refractivity contribution >= 4 is 20.8 Å². The molecule has 5 rings (SSSR count). The molecule has 2 heterocycles. The highest BCUT2D eigenvalue weighted by atomic mass is 32.2. The molecule has 0 amide bonds. The highest BCUT2D eigenvalue weighted by molar-refractivity contribution is 7.90. The summed E-state index contributed by atoms with van der Waals surface area (Å²) in [5.41, 5.74) is 3.09. The summed E-state index contributed by atoms with van der Waals surface area (Å²) in [5.74, 6) is 0.773. The standard InChI is InChI=1S/C25H25N3O3S/c26-11-7-18-1-3-19(4-2-18)21-15-20-8-12-27-17-24(20)25(16-21)31-22-9-13-28(14-10-22)32(29,30)23-5-6-23/h1-4,8,12,15-17,22-23H,5-7,9-10,13-14H2. The molecular weight excluding hydrogens is 422 g/mol. The summed E-state index contributed by atoms with van der Waals surface area (Å²) in [6.07, 6.45) is 6.90. The average molecular weight is 448 g/mol. The Bertz CT molecular complexity index is 1270. The number of ether oxygens (including phenoxy) is 1. The second-order valence-corrected chi connectivity index (χ2v) is 10.8. The van der Waals surface area contributed by atoms with Crippen molar-refractivity contribution in [2.45, 2.75) is 43.5 Å². The van der Waals surface area contributed by atoms with Crippen molar-refractivity contribution in [1.82, 2.24) is 9.29 Å². The monoisotopic (exact) mass is 447 g/mol. The van der Waals surface area contributed by atoms with Crippen molar-refractivity contribution in [1.29, 1.82) is 5.26 Å². The molecule has 0 bridgehead atoms. The van der Waals surface area contributed by atoms with Gasteiger partial charge in [0, 0.05) is 30.9 Å². The van der Waals surface area contributed by atoms with Crippen LogP contribution in [0, 0.1) is 11.3 Å². The summed E-state index contributed by atoms with van der Waals surface area (Å²) in [5, 5.41) is 10.7. The molecule has 1 aromatic heterocycles. The Kier molecular flexibility index (Phi) is 5.58. The van der Waals surface area contributed by atoms with Crippen LogP contribution in [0.2, 0.25) is 0 Å². The van der Waals surface area contributed by atoms with Crippen LogP contribution in [-0.4, -0.2) is 42.2 Å². The van der Waals surface area contributed by atoms with E-state index in [1.54, 1.807) is 10.5 Å². The minimum atomic E-state index is -3.12. The van der Waals surface area contributed by atoms with E-state index in [1.165, 1.54) is 0 Å². The summed E-state index contributed by atoms with van der Waals surface area (Å²) < 4.78 is 33.1. The Morgan fingerprint density at radius 2 is 1.78 bits per heavy atom. The fraction of sp³-hybridized carbons (Fsp3) is 0.360. The zero-order valence-electron chi connectivity index (χ0n) is 17.8. The average Bonchev–Trinajstić information content (AvgIpc) is 3.66. The fourth-order valence-corrected chi connectivity index (χ4v) is 6.17. The molecule has 2 aliphatic rings. The van der Waals surface area contributed by atoms with E-state index in [-0.39, 0.29) is 11.4 Å². The van der Waals surface area contributed by atoms with Gasteiger partial charge in [0.15, 0.2) is 0 Å². The van der Waals surface area contributed by atoms with Crippen LogP contribution >= 0.6 is 0 Å². The van der Waals surface area contributed by atoms with Gasteiger partial charge in [-0.3, -0.25) is 4.98 Å². The van der Waals surface area contributed by atoms with Gasteiger partial charge in [0.05, 0.1) is 17.7 Å². The number of hydrogen-bond donors (Lipinski definition) is 0. The highest BCUT2D eigenvalue weighted by Gasteiger charge is 2.41. The quantitative estimate of drug-likeness (QED) is 0.562. The minimum absolute atomic E-state index is 0.0303. The summed E-state index contributed by atoms with van der Waals surface area (Å²) >= 11 is 0. The Morgan fingerprint density at radius 1 is 1.03 bits per heavy atom. The Hall–Kier alpha value is -2.95. The van der Waals surface area contributed by atoms with Gasteiger partial charge in [-0.1, -0.05) is 24.3 Å². The number of piperidine rings is 1. The van der Waals surface area contributed by atoms with Gasteiger partial charge in [-0.15, -0.1) is 0 Å². The van der Waals surface area contributed by atoms with Crippen LogP contribution in [0.4, 0.5) is 0 Å². The fourth-order valence-electron chi connectivity index (χ4n) is 4.30. The number of nitrogens with zero attached hydrogens (tertiary/aromatic N) is 3. The van der Waals surface area contributed by atoms with Crippen LogP contribution in [0.3, 0.4) is 0 Å². The molecule has 1 saturated heterocycles. The van der Waals surface area contributed by atoms with E-state index in [9.17, 15) is 8.42 Å². The molecule has 1 aliphatic carbocycles. The Morgan fingerprint density at radius 3 is 2.47 bits per heavy atom. The number of hydrogen-bond acceptors (Lipinski definition) is 5. The molecule has 1 saturated carbocycles. The lowest BCUT2D eigenvalue weighted by atomic mass is 9.99. The molecule has 1 aliphatic heterocycles. The van der Waals surface area contributed by atoms with Crippen LogP contribution < -0.4 is 4.74 Å². The number of rotatable bonds is 6. The van der Waals surface area contributed by atoms with E-state index in [4.69, 9.17) is 10.00 Å². The van der Waals surface area contributed by atoms with E-state index in [0.717, 1.165) is 46.1 Å². The molecule has 6 nitrogen and oxygen atoms in total. The number of aromatic nitrogens is 1. The molecular formula is C25H25N3O3S. The molecule has 0 N–H and O–H groups in total. The molecule has 7 heteroatoms. The third-order valence-corrected chi connectivity index (χ3v) is 8.69. The van der Waals surface area contributed by atoms with Gasteiger partial charge in [-0.05, 0) is 66.0 Å². The van der Waals surface area contributed by atoms with Crippen molar-refractivity contribution in [3.63, 3.8) is 0 Å². The van der Waals surface area contributed by atoms with Gasteiger partial charge in [0.1, 0.15) is 11.9 Å². The molecule has 164 valence electrons. The third-order valence-electron chi connectivity index (χ3n) is 6.29. The highest BCUT2D eigenvalue weighted by Crippen LogP contribution is 2.35. The number of sulfonamides is 1. The lowest BCUT2D eigenvalue weighted by Gasteiger charge is -2.31. The zero-order valence-corrected chi connectivity index (χ0v) is 18.6. The molecule has 32 heavy (non-hydrogen) atoms. The van der Waals surface area contributed by atoms with E-state index in [0.29, 0.717) is 32.4 Å². The van der Waals surface area contributed by atoms with E-state index < -0.39 is 10.0 Å². The van der Waals surface area contributed by atoms with Gasteiger partial charge in [-0.25, -0.2) is 12.7 Å². The smallest absolute Gasteiger partial charge is 0.216 e. The van der Waals surface area contributed by atoms with Crippen molar-refractivity contribution in [3.8, 4) is 22.9 Å². The summed E-state index contributed by atoms with van der Waals surface area (Å²) in [7, 11) is -3.12. The number of fused-ring (bicyclic) bond motifs is 1. The van der Waals surface area contributed by atoms with Crippen LogP contribution in [0.25, 0.3) is 21.9 Å². The first kappa shape index (κ1) is 20.9. The van der Waals surface area contributed by atoms with E-state index in [2.05, 4.69) is 17.1 Å². The maximum atomic E-state index is 12.5. The first-order valence-electron chi connectivity index (χ1n) is 11.0. The van der Waals surface area contributed by atoms with Gasteiger partial charge in [-0.2, -0.15) is 5.26 Å². The first-order valence-corrected chi connectivity index (χ1v) is 12.5. The summed E-state index contributed by atoms with van der Waals surface area (Å²) in [6.45, 7) is 1.03. The molecule has 3 aromatic rings. The number of nitriles is 1. The molecule has 2 fully saturated rings. The Labute approximate surface area is 188 Å². The largest absolute Gasteiger partial charge is 0.490 e. The summed E-state index contributed by atoms with van der Waals surface area (Å²) in [4.78, 5) is 4.27. The predicted octanol–water partition coefficient (Wildman–Crippen LogP) is 4.30. The molecule has 0 unspecified atom stereocenters. The van der Waals surface area contributed by atoms with Crippen LogP contribution in [0.1, 0.15) is 31.2 Å². The van der Waals surface area contributed by atoms with Crippen molar-refractivity contribution in [3.05, 3.63) is 60.4 Å². The van der Waals surface area contributed by atoms with Crippen LogP contribution in [-0.2, 0) is 16.4 Å². The third kappa shape index (κ3) is 4.21. The SMILES string of the molecule is N#CCc1ccc(-c2cc(OC3CCN(S(=O)(=O)C4CC4)CC3)c3cnccc3c2)cc1. The van der Waals surface area contributed by atoms with E-state index in [1.807, 2.05) is 42.6 Å². The number of pyridine rings is 1. The van der Waals surface area contributed by atoms with Crippen molar-refractivity contribution in [2.75, 3.05) is 13.1 Å². The first-order chi connectivity index (χ1) is 15.5. The minimum Gasteiger partial charge on any atom is -0.490 e. The lowest BCUT2D eigenvalue weighted by molar-refractivity contribution is 0.137. The van der Waals surface area contributed by atoms with Gasteiger partial charge < -0.3 is 4.74 Å². The normalized spacial score (nSPS) is 17.8. The Balaban J connectivity index is 1.38.